The molecule has 8 heteroatoms. The second kappa shape index (κ2) is 7.61. The molecule has 4 atom stereocenters. The Bertz CT molecular complexity index is 365. The summed E-state index contributed by atoms with van der Waals surface area (Å²) in [5.74, 6) is 0.00208. The number of carbonyl (C=O) groups excluding carboxylic acids is 1. The Kier molecular flexibility index (Phi) is 6.05. The van der Waals surface area contributed by atoms with Crippen molar-refractivity contribution in [3.05, 3.63) is 0 Å². The molecule has 0 spiro atoms. The number of ether oxygens (including phenoxy) is 1. The molecule has 2 aliphatic rings. The van der Waals surface area contributed by atoms with E-state index in [1.165, 1.54) is 0 Å². The Morgan fingerprint density at radius 1 is 1.32 bits per heavy atom. The number of halogens is 3. The van der Waals surface area contributed by atoms with Gasteiger partial charge in [0.25, 0.3) is 0 Å². The number of nitrogens with one attached hydrogen (secondary N) is 3. The van der Waals surface area contributed by atoms with Gasteiger partial charge in [0.1, 0.15) is 6.61 Å². The van der Waals surface area contributed by atoms with Gasteiger partial charge >= 0.3 is 6.18 Å². The largest absolute Gasteiger partial charge is 0.411 e. The Labute approximate surface area is 128 Å². The molecule has 2 heterocycles. The van der Waals surface area contributed by atoms with E-state index in [1.54, 1.807) is 0 Å². The summed E-state index contributed by atoms with van der Waals surface area (Å²) in [6.45, 7) is 1.96. The number of alkyl halides is 3. The van der Waals surface area contributed by atoms with Crippen molar-refractivity contribution in [2.75, 3.05) is 19.7 Å². The molecule has 0 aromatic heterocycles. The molecule has 128 valence electrons. The van der Waals surface area contributed by atoms with E-state index in [-0.39, 0.29) is 24.0 Å². The zero-order valence-electron chi connectivity index (χ0n) is 12.7. The monoisotopic (exact) mass is 323 g/mol. The summed E-state index contributed by atoms with van der Waals surface area (Å²) in [6, 6.07) is -0.108. The molecule has 0 radical (unpaired) electrons. The van der Waals surface area contributed by atoms with E-state index < -0.39 is 18.9 Å². The van der Waals surface area contributed by atoms with Crippen molar-refractivity contribution in [1.29, 1.82) is 0 Å². The molecule has 0 aliphatic carbocycles. The molecule has 2 saturated heterocycles. The van der Waals surface area contributed by atoms with Gasteiger partial charge in [-0.2, -0.15) is 13.2 Å². The van der Waals surface area contributed by atoms with Crippen LogP contribution in [0.25, 0.3) is 0 Å². The fourth-order valence-corrected chi connectivity index (χ4v) is 2.97. The molecule has 2 aliphatic heterocycles. The van der Waals surface area contributed by atoms with E-state index in [1.807, 2.05) is 6.92 Å². The van der Waals surface area contributed by atoms with E-state index in [0.29, 0.717) is 19.4 Å². The lowest BCUT2D eigenvalue weighted by molar-refractivity contribution is -0.187. The smallest absolute Gasteiger partial charge is 0.367 e. The summed E-state index contributed by atoms with van der Waals surface area (Å²) in [6.07, 6.45) is -1.60. The van der Waals surface area contributed by atoms with Crippen molar-refractivity contribution in [2.24, 2.45) is 0 Å². The van der Waals surface area contributed by atoms with Gasteiger partial charge in [0.2, 0.25) is 5.91 Å². The number of piperidine rings is 1. The third-order valence-electron chi connectivity index (χ3n) is 4.24. The molecule has 2 fully saturated rings. The third-order valence-corrected chi connectivity index (χ3v) is 4.24. The van der Waals surface area contributed by atoms with Crippen LogP contribution in [0.3, 0.4) is 0 Å². The van der Waals surface area contributed by atoms with Crippen LogP contribution < -0.4 is 16.0 Å². The van der Waals surface area contributed by atoms with Crippen LogP contribution in [-0.2, 0) is 9.53 Å². The number of hydrogen-bond donors (Lipinski definition) is 3. The fraction of sp³-hybridized carbons (Fsp3) is 0.929. The van der Waals surface area contributed by atoms with Crippen molar-refractivity contribution in [2.45, 2.75) is 63.0 Å². The van der Waals surface area contributed by atoms with Crippen molar-refractivity contribution in [3.63, 3.8) is 0 Å². The summed E-state index contributed by atoms with van der Waals surface area (Å²) in [5, 5.41) is 9.30. The SMILES string of the molecule is C[C@@H](NC(=O)[C@H]1CCCN1)C1CCC(OCC(F)(F)F)CN1. The van der Waals surface area contributed by atoms with Gasteiger partial charge in [-0.25, -0.2) is 0 Å². The molecular weight excluding hydrogens is 299 g/mol. The van der Waals surface area contributed by atoms with Crippen molar-refractivity contribution < 1.29 is 22.7 Å². The summed E-state index contributed by atoms with van der Waals surface area (Å²) in [4.78, 5) is 12.0. The van der Waals surface area contributed by atoms with E-state index in [4.69, 9.17) is 4.74 Å². The Balaban J connectivity index is 1.68. The minimum absolute atomic E-state index is 0.00208. The van der Waals surface area contributed by atoms with Crippen molar-refractivity contribution in [3.8, 4) is 0 Å². The lowest BCUT2D eigenvalue weighted by Gasteiger charge is -2.34. The summed E-state index contributed by atoms with van der Waals surface area (Å²) < 4.78 is 41.2. The lowest BCUT2D eigenvalue weighted by Crippen LogP contribution is -2.55. The molecule has 1 amide bonds. The highest BCUT2D eigenvalue weighted by Gasteiger charge is 2.32. The van der Waals surface area contributed by atoms with Crippen LogP contribution in [0.5, 0.6) is 0 Å². The van der Waals surface area contributed by atoms with Crippen LogP contribution >= 0.6 is 0 Å². The van der Waals surface area contributed by atoms with Crippen LogP contribution in [0.15, 0.2) is 0 Å². The first-order chi connectivity index (χ1) is 10.3. The molecule has 0 bridgehead atoms. The highest BCUT2D eigenvalue weighted by Crippen LogP contribution is 2.19. The molecule has 2 unspecified atom stereocenters. The van der Waals surface area contributed by atoms with Gasteiger partial charge in [-0.15, -0.1) is 0 Å². The maximum atomic E-state index is 12.1. The van der Waals surface area contributed by atoms with Crippen LogP contribution in [-0.4, -0.2) is 56.0 Å². The second-order valence-electron chi connectivity index (χ2n) is 6.09. The zero-order valence-corrected chi connectivity index (χ0v) is 12.7. The standard InChI is InChI=1S/C14H24F3N3O2/c1-9(20-13(21)12-3-2-6-18-12)11-5-4-10(7-19-11)22-8-14(15,16)17/h9-12,18-19H,2-8H2,1H3,(H,20,21)/t9-,10?,11?,12-/m1/s1. The summed E-state index contributed by atoms with van der Waals surface area (Å²) in [7, 11) is 0. The van der Waals surface area contributed by atoms with Crippen molar-refractivity contribution >= 4 is 5.91 Å². The van der Waals surface area contributed by atoms with Crippen LogP contribution in [0.2, 0.25) is 0 Å². The Morgan fingerprint density at radius 2 is 2.09 bits per heavy atom. The molecule has 0 aromatic rings. The van der Waals surface area contributed by atoms with Gasteiger partial charge < -0.3 is 20.7 Å². The highest BCUT2D eigenvalue weighted by atomic mass is 19.4. The average molecular weight is 323 g/mol. The van der Waals surface area contributed by atoms with E-state index in [9.17, 15) is 18.0 Å². The molecule has 5 nitrogen and oxygen atoms in total. The maximum Gasteiger partial charge on any atom is 0.411 e. The Morgan fingerprint density at radius 3 is 2.64 bits per heavy atom. The van der Waals surface area contributed by atoms with Gasteiger partial charge in [0, 0.05) is 18.6 Å². The minimum atomic E-state index is -4.29. The normalized spacial score (nSPS) is 31.0. The van der Waals surface area contributed by atoms with Crippen molar-refractivity contribution in [1.82, 2.24) is 16.0 Å². The summed E-state index contributed by atoms with van der Waals surface area (Å²) >= 11 is 0. The number of hydrogen-bond acceptors (Lipinski definition) is 4. The highest BCUT2D eigenvalue weighted by molar-refractivity contribution is 5.82. The second-order valence-corrected chi connectivity index (χ2v) is 6.09. The van der Waals surface area contributed by atoms with E-state index >= 15 is 0 Å². The van der Waals surface area contributed by atoms with Gasteiger partial charge in [0.05, 0.1) is 12.1 Å². The molecule has 2 rings (SSSR count). The predicted octanol–water partition coefficient (Wildman–Crippen LogP) is 0.943. The first kappa shape index (κ1) is 17.5. The average Bonchev–Trinajstić information content (AvgIpc) is 2.99. The molecule has 3 N–H and O–H groups in total. The topological polar surface area (TPSA) is 62.4 Å². The van der Waals surface area contributed by atoms with E-state index in [0.717, 1.165) is 19.4 Å². The number of carbonyl (C=O) groups is 1. The maximum absolute atomic E-state index is 12.1. The lowest BCUT2D eigenvalue weighted by atomic mass is 9.97. The quantitative estimate of drug-likeness (QED) is 0.705. The predicted molar refractivity (Wildman–Crippen MR) is 75.4 cm³/mol. The first-order valence-corrected chi connectivity index (χ1v) is 7.80. The van der Waals surface area contributed by atoms with Crippen LogP contribution in [0, 0.1) is 0 Å². The molecular formula is C14H24F3N3O2. The van der Waals surface area contributed by atoms with Gasteiger partial charge in [-0.1, -0.05) is 0 Å². The van der Waals surface area contributed by atoms with Crippen LogP contribution in [0.1, 0.15) is 32.6 Å². The number of rotatable bonds is 5. The van der Waals surface area contributed by atoms with Gasteiger partial charge in [0.15, 0.2) is 0 Å². The fourth-order valence-electron chi connectivity index (χ4n) is 2.97. The number of amides is 1. The van der Waals surface area contributed by atoms with Crippen LogP contribution in [0.4, 0.5) is 13.2 Å². The summed E-state index contributed by atoms with van der Waals surface area (Å²) in [5.41, 5.74) is 0. The Hall–Kier alpha value is -0.860. The third kappa shape index (κ3) is 5.40. The van der Waals surface area contributed by atoms with Gasteiger partial charge in [-0.05, 0) is 39.2 Å². The molecule has 22 heavy (non-hydrogen) atoms. The van der Waals surface area contributed by atoms with E-state index in [2.05, 4.69) is 16.0 Å². The first-order valence-electron chi connectivity index (χ1n) is 7.80. The van der Waals surface area contributed by atoms with Gasteiger partial charge in [-0.3, -0.25) is 4.79 Å². The molecule has 0 saturated carbocycles. The molecule has 0 aromatic carbocycles. The zero-order chi connectivity index (χ0) is 16.2. The minimum Gasteiger partial charge on any atom is -0.367 e.